The van der Waals surface area contributed by atoms with Crippen molar-refractivity contribution in [2.45, 2.75) is 45.1 Å². The number of hydrogen-bond donors (Lipinski definition) is 1. The zero-order valence-corrected chi connectivity index (χ0v) is 11.6. The third-order valence-electron chi connectivity index (χ3n) is 4.06. The van der Waals surface area contributed by atoms with Gasteiger partial charge in [-0.2, -0.15) is 0 Å². The summed E-state index contributed by atoms with van der Waals surface area (Å²) in [4.78, 5) is 13.2. The zero-order valence-electron chi connectivity index (χ0n) is 11.6. The van der Waals surface area contributed by atoms with E-state index in [0.29, 0.717) is 6.04 Å². The number of rotatable bonds is 4. The van der Waals surface area contributed by atoms with Crippen LogP contribution in [-0.4, -0.2) is 23.7 Å². The van der Waals surface area contributed by atoms with Crippen molar-refractivity contribution in [2.24, 2.45) is 5.92 Å². The lowest BCUT2D eigenvalue weighted by molar-refractivity contribution is -0.135. The summed E-state index contributed by atoms with van der Waals surface area (Å²) in [5, 5.41) is 9.16. The first kappa shape index (κ1) is 13.9. The first-order valence-electron chi connectivity index (χ1n) is 7.20. The molecule has 0 amide bonds. The van der Waals surface area contributed by atoms with E-state index < -0.39 is 5.97 Å². The van der Waals surface area contributed by atoms with Gasteiger partial charge in [-0.1, -0.05) is 38.0 Å². The van der Waals surface area contributed by atoms with E-state index in [1.165, 1.54) is 19.3 Å². The highest BCUT2D eigenvalue weighted by Gasteiger charge is 2.24. The number of anilines is 1. The van der Waals surface area contributed by atoms with E-state index in [1.807, 2.05) is 30.3 Å². The Morgan fingerprint density at radius 2 is 1.95 bits per heavy atom. The molecule has 0 aromatic heterocycles. The van der Waals surface area contributed by atoms with Gasteiger partial charge in [-0.3, -0.25) is 4.79 Å². The maximum Gasteiger partial charge on any atom is 0.323 e. The molecule has 1 aromatic carbocycles. The molecule has 0 saturated heterocycles. The predicted molar refractivity (Wildman–Crippen MR) is 77.5 cm³/mol. The van der Waals surface area contributed by atoms with E-state index in [1.54, 1.807) is 0 Å². The molecular weight excluding hydrogens is 238 g/mol. The highest BCUT2D eigenvalue weighted by Crippen LogP contribution is 2.28. The van der Waals surface area contributed by atoms with Crippen LogP contribution in [0.3, 0.4) is 0 Å². The first-order valence-corrected chi connectivity index (χ1v) is 7.20. The fourth-order valence-corrected chi connectivity index (χ4v) is 2.98. The molecule has 104 valence electrons. The fourth-order valence-electron chi connectivity index (χ4n) is 2.98. The van der Waals surface area contributed by atoms with Gasteiger partial charge in [-0.15, -0.1) is 0 Å². The van der Waals surface area contributed by atoms with Crippen LogP contribution in [0.4, 0.5) is 5.69 Å². The smallest absolute Gasteiger partial charge is 0.323 e. The Labute approximate surface area is 115 Å². The Morgan fingerprint density at radius 1 is 1.21 bits per heavy atom. The minimum atomic E-state index is -0.749. The Hall–Kier alpha value is -1.51. The summed E-state index contributed by atoms with van der Waals surface area (Å²) < 4.78 is 0. The minimum Gasteiger partial charge on any atom is -0.480 e. The van der Waals surface area contributed by atoms with Gasteiger partial charge in [0, 0.05) is 11.7 Å². The minimum absolute atomic E-state index is 0.100. The van der Waals surface area contributed by atoms with Gasteiger partial charge < -0.3 is 10.0 Å². The van der Waals surface area contributed by atoms with E-state index in [9.17, 15) is 4.79 Å². The van der Waals surface area contributed by atoms with E-state index >= 15 is 0 Å². The number of nitrogens with zero attached hydrogens (tertiary/aromatic N) is 1. The van der Waals surface area contributed by atoms with Gasteiger partial charge in [0.05, 0.1) is 0 Å². The van der Waals surface area contributed by atoms with Crippen LogP contribution >= 0.6 is 0 Å². The van der Waals surface area contributed by atoms with E-state index in [2.05, 4.69) is 11.8 Å². The van der Waals surface area contributed by atoms with Crippen molar-refractivity contribution in [2.75, 3.05) is 11.4 Å². The second-order valence-corrected chi connectivity index (χ2v) is 5.62. The molecule has 1 saturated carbocycles. The molecular formula is C16H23NO2. The third kappa shape index (κ3) is 3.98. The van der Waals surface area contributed by atoms with Crippen LogP contribution in [0.25, 0.3) is 0 Å². The molecule has 0 radical (unpaired) electrons. The van der Waals surface area contributed by atoms with Gasteiger partial charge in [0.2, 0.25) is 0 Å². The van der Waals surface area contributed by atoms with Crippen LogP contribution in [0, 0.1) is 5.92 Å². The number of para-hydroxylation sites is 1. The SMILES string of the molecule is CC1CCCC(N(CC(=O)O)c2ccccc2)CC1. The molecule has 0 aliphatic heterocycles. The van der Waals surface area contributed by atoms with Gasteiger partial charge in [0.25, 0.3) is 0 Å². The van der Waals surface area contributed by atoms with Crippen molar-refractivity contribution < 1.29 is 9.90 Å². The Morgan fingerprint density at radius 3 is 2.63 bits per heavy atom. The van der Waals surface area contributed by atoms with E-state index in [0.717, 1.165) is 24.4 Å². The largest absolute Gasteiger partial charge is 0.480 e. The summed E-state index contributed by atoms with van der Waals surface area (Å²) in [6.45, 7) is 2.40. The Kier molecular flexibility index (Phi) is 4.83. The van der Waals surface area contributed by atoms with Crippen molar-refractivity contribution in [3.05, 3.63) is 30.3 Å². The average Bonchev–Trinajstić information content (AvgIpc) is 2.62. The number of carboxylic acid groups (broad SMARTS) is 1. The summed E-state index contributed by atoms with van der Waals surface area (Å²) in [5.41, 5.74) is 1.03. The standard InChI is InChI=1S/C16H23NO2/c1-13-6-5-9-15(11-10-13)17(12-16(18)19)14-7-3-2-4-8-14/h2-4,7-8,13,15H,5-6,9-12H2,1H3,(H,18,19). The van der Waals surface area contributed by atoms with Crippen LogP contribution in [0.15, 0.2) is 30.3 Å². The lowest BCUT2D eigenvalue weighted by atomic mass is 10.0. The van der Waals surface area contributed by atoms with Gasteiger partial charge in [-0.25, -0.2) is 0 Å². The molecule has 2 unspecified atom stereocenters. The quantitative estimate of drug-likeness (QED) is 0.843. The molecule has 0 spiro atoms. The number of benzene rings is 1. The van der Waals surface area contributed by atoms with Gasteiger partial charge >= 0.3 is 5.97 Å². The van der Waals surface area contributed by atoms with Crippen molar-refractivity contribution in [3.8, 4) is 0 Å². The van der Waals surface area contributed by atoms with Crippen LogP contribution in [-0.2, 0) is 4.79 Å². The normalized spacial score (nSPS) is 23.6. The fraction of sp³-hybridized carbons (Fsp3) is 0.562. The maximum atomic E-state index is 11.1. The molecule has 3 heteroatoms. The molecule has 1 aromatic rings. The number of carboxylic acids is 1. The lowest BCUT2D eigenvalue weighted by Crippen LogP contribution is -2.39. The van der Waals surface area contributed by atoms with Crippen molar-refractivity contribution in [1.82, 2.24) is 0 Å². The highest BCUT2D eigenvalue weighted by atomic mass is 16.4. The summed E-state index contributed by atoms with van der Waals surface area (Å²) in [5.74, 6) is 0.0219. The summed E-state index contributed by atoms with van der Waals surface area (Å²) >= 11 is 0. The second-order valence-electron chi connectivity index (χ2n) is 5.62. The van der Waals surface area contributed by atoms with Crippen LogP contribution in [0.2, 0.25) is 0 Å². The molecule has 1 N–H and O–H groups in total. The molecule has 0 bridgehead atoms. The van der Waals surface area contributed by atoms with Crippen LogP contribution in [0.1, 0.15) is 39.0 Å². The Bertz CT molecular complexity index is 404. The number of hydrogen-bond acceptors (Lipinski definition) is 2. The van der Waals surface area contributed by atoms with E-state index in [-0.39, 0.29) is 6.54 Å². The van der Waals surface area contributed by atoms with Crippen molar-refractivity contribution in [1.29, 1.82) is 0 Å². The molecule has 0 heterocycles. The molecule has 3 nitrogen and oxygen atoms in total. The molecule has 1 aliphatic carbocycles. The molecule has 2 rings (SSSR count). The van der Waals surface area contributed by atoms with Gasteiger partial charge in [0.1, 0.15) is 6.54 Å². The highest BCUT2D eigenvalue weighted by molar-refractivity contribution is 5.74. The second kappa shape index (κ2) is 6.60. The van der Waals surface area contributed by atoms with Crippen molar-refractivity contribution >= 4 is 11.7 Å². The Balaban J connectivity index is 2.15. The van der Waals surface area contributed by atoms with Gasteiger partial charge in [-0.05, 0) is 37.3 Å². The van der Waals surface area contributed by atoms with Crippen LogP contribution in [0.5, 0.6) is 0 Å². The summed E-state index contributed by atoms with van der Waals surface area (Å²) in [6.07, 6.45) is 5.88. The average molecular weight is 261 g/mol. The molecule has 19 heavy (non-hydrogen) atoms. The predicted octanol–water partition coefficient (Wildman–Crippen LogP) is 3.55. The monoisotopic (exact) mass is 261 g/mol. The molecule has 2 atom stereocenters. The summed E-state index contributed by atoms with van der Waals surface area (Å²) in [6, 6.07) is 10.3. The molecule has 1 fully saturated rings. The third-order valence-corrected chi connectivity index (χ3v) is 4.06. The van der Waals surface area contributed by atoms with Gasteiger partial charge in [0.15, 0.2) is 0 Å². The van der Waals surface area contributed by atoms with Crippen molar-refractivity contribution in [3.63, 3.8) is 0 Å². The first-order chi connectivity index (χ1) is 9.16. The molecule has 1 aliphatic rings. The number of aliphatic carboxylic acids is 1. The zero-order chi connectivity index (χ0) is 13.7. The maximum absolute atomic E-state index is 11.1. The topological polar surface area (TPSA) is 40.5 Å². The number of carbonyl (C=O) groups is 1. The van der Waals surface area contributed by atoms with E-state index in [4.69, 9.17) is 5.11 Å². The lowest BCUT2D eigenvalue weighted by Gasteiger charge is -2.32. The summed E-state index contributed by atoms with van der Waals surface area (Å²) in [7, 11) is 0. The van der Waals surface area contributed by atoms with Crippen LogP contribution < -0.4 is 4.90 Å².